The zero-order chi connectivity index (χ0) is 16.8. The predicted molar refractivity (Wildman–Crippen MR) is 93.5 cm³/mol. The summed E-state index contributed by atoms with van der Waals surface area (Å²) in [5.41, 5.74) is 1.78. The van der Waals surface area contributed by atoms with Gasteiger partial charge in [0.2, 0.25) is 0 Å². The van der Waals surface area contributed by atoms with E-state index in [1.54, 1.807) is 54.7 Å². The van der Waals surface area contributed by atoms with E-state index in [1.165, 1.54) is 10.4 Å². The van der Waals surface area contributed by atoms with Crippen LogP contribution in [0, 0.1) is 6.92 Å². The number of rotatable bonds is 7. The molecule has 1 heterocycles. The monoisotopic (exact) mass is 331 g/mol. The van der Waals surface area contributed by atoms with E-state index >= 15 is 0 Å². The molecular weight excluding hydrogens is 310 g/mol. The first-order valence-electron chi connectivity index (χ1n) is 7.27. The number of thiophene rings is 1. The van der Waals surface area contributed by atoms with E-state index in [0.717, 1.165) is 0 Å². The topological polar surface area (TPSA) is 38.8 Å². The third kappa shape index (κ3) is 4.13. The molecule has 0 atom stereocenters. The molecule has 0 spiro atoms. The maximum absolute atomic E-state index is 12.6. The summed E-state index contributed by atoms with van der Waals surface area (Å²) in [6.07, 6.45) is 1.66. The van der Waals surface area contributed by atoms with Crippen molar-refractivity contribution in [2.75, 3.05) is 20.8 Å². The van der Waals surface area contributed by atoms with Crippen LogP contribution in [0.4, 0.5) is 0 Å². The molecule has 0 aliphatic carbocycles. The van der Waals surface area contributed by atoms with Crippen molar-refractivity contribution in [1.82, 2.24) is 4.90 Å². The van der Waals surface area contributed by atoms with E-state index in [1.807, 2.05) is 5.38 Å². The highest BCUT2D eigenvalue weighted by atomic mass is 32.1. The Morgan fingerprint density at radius 3 is 2.74 bits per heavy atom. The summed E-state index contributed by atoms with van der Waals surface area (Å²) >= 11 is 1.66. The van der Waals surface area contributed by atoms with Crippen molar-refractivity contribution < 1.29 is 14.3 Å². The van der Waals surface area contributed by atoms with Gasteiger partial charge in [0.15, 0.2) is 11.5 Å². The Morgan fingerprint density at radius 1 is 1.35 bits per heavy atom. The fourth-order valence-corrected chi connectivity index (χ4v) is 3.10. The standard InChI is InChI=1S/C18H21NO3S/c1-5-9-22-15-7-6-14(11-16(15)21-4)18(20)19(3)12-17-13(2)8-10-23-17/h5-8,10-11H,1,9,12H2,2-4H3. The van der Waals surface area contributed by atoms with Crippen LogP contribution < -0.4 is 9.47 Å². The second-order valence-electron chi connectivity index (χ2n) is 5.15. The number of aryl methyl sites for hydroxylation is 1. The fourth-order valence-electron chi connectivity index (χ4n) is 2.14. The van der Waals surface area contributed by atoms with Crippen LogP contribution in [0.25, 0.3) is 0 Å². The molecule has 23 heavy (non-hydrogen) atoms. The molecule has 4 nitrogen and oxygen atoms in total. The van der Waals surface area contributed by atoms with Crippen molar-refractivity contribution in [3.8, 4) is 11.5 Å². The number of benzene rings is 1. The zero-order valence-corrected chi connectivity index (χ0v) is 14.5. The second-order valence-corrected chi connectivity index (χ2v) is 6.15. The average Bonchev–Trinajstić information content (AvgIpc) is 2.96. The SMILES string of the molecule is C=CCOc1ccc(C(=O)N(C)Cc2sccc2C)cc1OC. The minimum Gasteiger partial charge on any atom is -0.493 e. The first-order chi connectivity index (χ1) is 11.1. The number of amides is 1. The Balaban J connectivity index is 2.15. The summed E-state index contributed by atoms with van der Waals surface area (Å²) in [5.74, 6) is 1.09. The van der Waals surface area contributed by atoms with E-state index in [-0.39, 0.29) is 5.91 Å². The van der Waals surface area contributed by atoms with Gasteiger partial charge >= 0.3 is 0 Å². The number of ether oxygens (including phenoxy) is 2. The van der Waals surface area contributed by atoms with Gasteiger partial charge in [0.05, 0.1) is 13.7 Å². The quantitative estimate of drug-likeness (QED) is 0.722. The minimum atomic E-state index is -0.0497. The van der Waals surface area contributed by atoms with Gasteiger partial charge in [-0.25, -0.2) is 0 Å². The molecule has 0 fully saturated rings. The van der Waals surface area contributed by atoms with Gasteiger partial charge in [-0.1, -0.05) is 12.7 Å². The molecule has 0 saturated heterocycles. The van der Waals surface area contributed by atoms with Gasteiger partial charge in [0.25, 0.3) is 5.91 Å². The van der Waals surface area contributed by atoms with E-state index < -0.39 is 0 Å². The minimum absolute atomic E-state index is 0.0497. The molecule has 122 valence electrons. The maximum atomic E-state index is 12.6. The molecule has 1 amide bonds. The molecule has 2 rings (SSSR count). The zero-order valence-electron chi connectivity index (χ0n) is 13.7. The highest BCUT2D eigenvalue weighted by Crippen LogP contribution is 2.29. The molecule has 0 aliphatic rings. The van der Waals surface area contributed by atoms with Crippen molar-refractivity contribution >= 4 is 17.2 Å². The van der Waals surface area contributed by atoms with Crippen LogP contribution in [0.15, 0.2) is 42.3 Å². The summed E-state index contributed by atoms with van der Waals surface area (Å²) in [5, 5.41) is 2.04. The van der Waals surface area contributed by atoms with Crippen molar-refractivity contribution in [2.45, 2.75) is 13.5 Å². The van der Waals surface area contributed by atoms with Crippen LogP contribution >= 0.6 is 11.3 Å². The van der Waals surface area contributed by atoms with E-state index in [9.17, 15) is 4.79 Å². The van der Waals surface area contributed by atoms with Gasteiger partial charge in [0, 0.05) is 17.5 Å². The number of hydrogen-bond acceptors (Lipinski definition) is 4. The van der Waals surface area contributed by atoms with Gasteiger partial charge in [-0.15, -0.1) is 11.3 Å². The van der Waals surface area contributed by atoms with Crippen molar-refractivity contribution in [1.29, 1.82) is 0 Å². The summed E-state index contributed by atoms with van der Waals surface area (Å²) in [4.78, 5) is 15.5. The van der Waals surface area contributed by atoms with Crippen molar-refractivity contribution in [3.63, 3.8) is 0 Å². The molecule has 0 bridgehead atoms. The molecule has 0 unspecified atom stereocenters. The Labute approximate surface area is 141 Å². The number of hydrogen-bond donors (Lipinski definition) is 0. The van der Waals surface area contributed by atoms with Crippen LogP contribution in [0.2, 0.25) is 0 Å². The van der Waals surface area contributed by atoms with Crippen LogP contribution in [0.1, 0.15) is 20.8 Å². The van der Waals surface area contributed by atoms with Gasteiger partial charge in [-0.05, 0) is 42.1 Å². The second kappa shape index (κ2) is 7.83. The largest absolute Gasteiger partial charge is 0.493 e. The van der Waals surface area contributed by atoms with Gasteiger partial charge in [0.1, 0.15) is 6.61 Å². The maximum Gasteiger partial charge on any atom is 0.254 e. The van der Waals surface area contributed by atoms with E-state index in [4.69, 9.17) is 9.47 Å². The van der Waals surface area contributed by atoms with Gasteiger partial charge < -0.3 is 14.4 Å². The lowest BCUT2D eigenvalue weighted by Gasteiger charge is -2.18. The van der Waals surface area contributed by atoms with Crippen LogP contribution in [-0.4, -0.2) is 31.6 Å². The number of carbonyl (C=O) groups excluding carboxylic acids is 1. The molecule has 0 radical (unpaired) electrons. The number of carbonyl (C=O) groups is 1. The summed E-state index contributed by atoms with van der Waals surface area (Å²) in [6.45, 7) is 6.66. The van der Waals surface area contributed by atoms with Gasteiger partial charge in [-0.2, -0.15) is 0 Å². The fraction of sp³-hybridized carbons (Fsp3) is 0.278. The molecule has 1 aromatic carbocycles. The summed E-state index contributed by atoms with van der Waals surface area (Å²) in [7, 11) is 3.36. The van der Waals surface area contributed by atoms with Crippen LogP contribution in [0.5, 0.6) is 11.5 Å². The third-order valence-electron chi connectivity index (χ3n) is 3.46. The summed E-state index contributed by atoms with van der Waals surface area (Å²) in [6, 6.07) is 7.27. The van der Waals surface area contributed by atoms with E-state index in [2.05, 4.69) is 19.6 Å². The predicted octanol–water partition coefficient (Wildman–Crippen LogP) is 3.90. The first-order valence-corrected chi connectivity index (χ1v) is 8.15. The van der Waals surface area contributed by atoms with Crippen LogP contribution in [-0.2, 0) is 6.54 Å². The Morgan fingerprint density at radius 2 is 2.13 bits per heavy atom. The Bertz CT molecular complexity index is 693. The first kappa shape index (κ1) is 17.1. The highest BCUT2D eigenvalue weighted by Gasteiger charge is 2.16. The number of methoxy groups -OCH3 is 1. The van der Waals surface area contributed by atoms with Crippen molar-refractivity contribution in [3.05, 3.63) is 58.3 Å². The molecule has 0 aliphatic heterocycles. The Hall–Kier alpha value is -2.27. The molecular formula is C18H21NO3S. The number of nitrogens with zero attached hydrogens (tertiary/aromatic N) is 1. The lowest BCUT2D eigenvalue weighted by atomic mass is 10.1. The van der Waals surface area contributed by atoms with Crippen molar-refractivity contribution in [2.24, 2.45) is 0 Å². The smallest absolute Gasteiger partial charge is 0.254 e. The lowest BCUT2D eigenvalue weighted by molar-refractivity contribution is 0.0786. The van der Waals surface area contributed by atoms with E-state index in [0.29, 0.717) is 30.2 Å². The molecule has 0 saturated carbocycles. The summed E-state index contributed by atoms with van der Waals surface area (Å²) < 4.78 is 10.8. The lowest BCUT2D eigenvalue weighted by Crippen LogP contribution is -2.26. The molecule has 1 aromatic heterocycles. The average molecular weight is 331 g/mol. The molecule has 0 N–H and O–H groups in total. The van der Waals surface area contributed by atoms with Gasteiger partial charge in [-0.3, -0.25) is 4.79 Å². The Kier molecular flexibility index (Phi) is 5.82. The normalized spacial score (nSPS) is 10.2. The molecule has 2 aromatic rings. The third-order valence-corrected chi connectivity index (χ3v) is 4.47. The highest BCUT2D eigenvalue weighted by molar-refractivity contribution is 7.10. The van der Waals surface area contributed by atoms with Crippen LogP contribution in [0.3, 0.4) is 0 Å². The molecule has 5 heteroatoms.